The van der Waals surface area contributed by atoms with Crippen molar-refractivity contribution in [2.75, 3.05) is 13.7 Å². The summed E-state index contributed by atoms with van der Waals surface area (Å²) in [6, 6.07) is 11.7. The van der Waals surface area contributed by atoms with Crippen LogP contribution in [-0.4, -0.2) is 35.4 Å². The zero-order valence-electron chi connectivity index (χ0n) is 14.0. The van der Waals surface area contributed by atoms with Crippen molar-refractivity contribution in [3.63, 3.8) is 0 Å². The Bertz CT molecular complexity index is 878. The minimum Gasteiger partial charge on any atom is -0.316 e. The predicted molar refractivity (Wildman–Crippen MR) is 90.2 cm³/mol. The van der Waals surface area contributed by atoms with Gasteiger partial charge in [-0.05, 0) is 18.6 Å². The minimum absolute atomic E-state index is 0.0999. The molecule has 2 amide bonds. The molecule has 0 aliphatic carbocycles. The van der Waals surface area contributed by atoms with Crippen molar-refractivity contribution < 1.29 is 19.4 Å². The van der Waals surface area contributed by atoms with E-state index < -0.39 is 16.7 Å². The molecule has 0 radical (unpaired) electrons. The predicted octanol–water partition coefficient (Wildman–Crippen LogP) is 1.17. The zero-order chi connectivity index (χ0) is 18.1. The zero-order valence-corrected chi connectivity index (χ0v) is 14.0. The Morgan fingerprint density at radius 1 is 1.08 bits per heavy atom. The summed E-state index contributed by atoms with van der Waals surface area (Å²) in [6.07, 6.45) is 0. The van der Waals surface area contributed by atoms with Gasteiger partial charge in [0.05, 0.1) is 23.1 Å². The molecule has 1 N–H and O–H groups in total. The number of quaternary nitrogens is 1. The van der Waals surface area contributed by atoms with Gasteiger partial charge >= 0.3 is 0 Å². The highest BCUT2D eigenvalue weighted by atomic mass is 16.6. The fourth-order valence-corrected chi connectivity index (χ4v) is 3.00. The highest BCUT2D eigenvalue weighted by Gasteiger charge is 2.38. The molecule has 0 bridgehead atoms. The average molecular weight is 340 g/mol. The van der Waals surface area contributed by atoms with Crippen molar-refractivity contribution in [1.29, 1.82) is 0 Å². The Labute approximate surface area is 144 Å². The maximum Gasteiger partial charge on any atom is 0.270 e. The molecule has 7 heteroatoms. The van der Waals surface area contributed by atoms with Crippen LogP contribution in [0.2, 0.25) is 0 Å². The molecular weight excluding hydrogens is 322 g/mol. The van der Waals surface area contributed by atoms with Gasteiger partial charge < -0.3 is 4.90 Å². The van der Waals surface area contributed by atoms with Crippen LogP contribution in [0.3, 0.4) is 0 Å². The molecule has 2 aromatic carbocycles. The first-order chi connectivity index (χ1) is 11.9. The van der Waals surface area contributed by atoms with Crippen molar-refractivity contribution in [2.45, 2.75) is 13.5 Å². The van der Waals surface area contributed by atoms with Gasteiger partial charge in [-0.15, -0.1) is 0 Å². The molecule has 1 heterocycles. The van der Waals surface area contributed by atoms with Crippen molar-refractivity contribution in [3.05, 3.63) is 74.8 Å². The third kappa shape index (κ3) is 3.14. The number of aryl methyl sites for hydroxylation is 1. The Morgan fingerprint density at radius 3 is 2.44 bits per heavy atom. The van der Waals surface area contributed by atoms with E-state index >= 15 is 0 Å². The van der Waals surface area contributed by atoms with E-state index in [0.29, 0.717) is 6.54 Å². The van der Waals surface area contributed by atoms with E-state index in [4.69, 9.17) is 0 Å². The Hall–Kier alpha value is -3.06. The summed E-state index contributed by atoms with van der Waals surface area (Å²) in [6.45, 7) is 2.89. The maximum atomic E-state index is 12.5. The quantitative estimate of drug-likeness (QED) is 0.503. The number of hydrogen-bond donors (Lipinski definition) is 1. The number of fused-ring (bicyclic) bond motifs is 1. The van der Waals surface area contributed by atoms with E-state index in [2.05, 4.69) is 0 Å². The van der Waals surface area contributed by atoms with Crippen molar-refractivity contribution in [3.8, 4) is 0 Å². The number of carbonyl (C=O) groups excluding carboxylic acids is 2. The molecule has 128 valence electrons. The molecule has 0 saturated heterocycles. The molecule has 25 heavy (non-hydrogen) atoms. The summed E-state index contributed by atoms with van der Waals surface area (Å²) in [7, 11) is 1.90. The fraction of sp³-hybridized carbons (Fsp3) is 0.222. The van der Waals surface area contributed by atoms with Gasteiger partial charge in [-0.3, -0.25) is 19.7 Å². The summed E-state index contributed by atoms with van der Waals surface area (Å²) >= 11 is 0. The Balaban J connectivity index is 1.77. The highest BCUT2D eigenvalue weighted by Crippen LogP contribution is 2.26. The number of rotatable bonds is 5. The first-order valence-electron chi connectivity index (χ1n) is 7.89. The van der Waals surface area contributed by atoms with Crippen molar-refractivity contribution in [2.24, 2.45) is 0 Å². The number of imide groups is 1. The van der Waals surface area contributed by atoms with Crippen LogP contribution in [-0.2, 0) is 6.54 Å². The number of carbonyl (C=O) groups is 2. The smallest absolute Gasteiger partial charge is 0.270 e. The SMILES string of the molecule is Cc1ccccc1C[NH+](C)CN1C(=O)c2ccc([N+](=O)[O-])cc2C1=O. The number of nitro benzene ring substituents is 1. The lowest BCUT2D eigenvalue weighted by Gasteiger charge is -2.20. The number of nitrogens with one attached hydrogen (secondary N) is 1. The van der Waals surface area contributed by atoms with Gasteiger partial charge in [-0.25, -0.2) is 4.90 Å². The van der Waals surface area contributed by atoms with E-state index in [0.717, 1.165) is 20.9 Å². The summed E-state index contributed by atoms with van der Waals surface area (Å²) < 4.78 is 0. The van der Waals surface area contributed by atoms with Gasteiger partial charge in [-0.2, -0.15) is 0 Å². The number of amides is 2. The summed E-state index contributed by atoms with van der Waals surface area (Å²) in [4.78, 5) is 37.4. The lowest BCUT2D eigenvalue weighted by Crippen LogP contribution is -3.09. The molecule has 1 aliphatic rings. The molecule has 1 atom stereocenters. The molecule has 0 aromatic heterocycles. The van der Waals surface area contributed by atoms with Gasteiger partial charge in [-0.1, -0.05) is 24.3 Å². The third-order valence-corrected chi connectivity index (χ3v) is 4.35. The lowest BCUT2D eigenvalue weighted by atomic mass is 10.1. The van der Waals surface area contributed by atoms with E-state index in [-0.39, 0.29) is 23.5 Å². The third-order valence-electron chi connectivity index (χ3n) is 4.35. The molecule has 2 aromatic rings. The molecule has 1 unspecified atom stereocenters. The lowest BCUT2D eigenvalue weighted by molar-refractivity contribution is -0.901. The molecule has 0 fully saturated rings. The molecule has 7 nitrogen and oxygen atoms in total. The number of nitro groups is 1. The maximum absolute atomic E-state index is 12.5. The molecular formula is C18H18N3O4+. The van der Waals surface area contributed by atoms with Crippen LogP contribution in [0.5, 0.6) is 0 Å². The van der Waals surface area contributed by atoms with Crippen LogP contribution in [0.4, 0.5) is 5.69 Å². The van der Waals surface area contributed by atoms with Crippen molar-refractivity contribution in [1.82, 2.24) is 4.90 Å². The van der Waals surface area contributed by atoms with Crippen LogP contribution in [0, 0.1) is 17.0 Å². The fourth-order valence-electron chi connectivity index (χ4n) is 3.00. The Morgan fingerprint density at radius 2 is 1.76 bits per heavy atom. The topological polar surface area (TPSA) is 85.0 Å². The van der Waals surface area contributed by atoms with Crippen LogP contribution in [0.15, 0.2) is 42.5 Å². The van der Waals surface area contributed by atoms with E-state index in [1.165, 1.54) is 18.2 Å². The molecule has 3 rings (SSSR count). The largest absolute Gasteiger partial charge is 0.316 e. The van der Waals surface area contributed by atoms with Gasteiger partial charge in [0.25, 0.3) is 17.5 Å². The Kier molecular flexibility index (Phi) is 4.33. The van der Waals surface area contributed by atoms with Gasteiger partial charge in [0.2, 0.25) is 0 Å². The minimum atomic E-state index is -0.573. The summed E-state index contributed by atoms with van der Waals surface area (Å²) in [5.74, 6) is -0.883. The second-order valence-electron chi connectivity index (χ2n) is 6.24. The standard InChI is InChI=1S/C18H17N3O4/c1-12-5-3-4-6-13(12)10-19(2)11-20-17(22)15-8-7-14(21(24)25)9-16(15)18(20)23/h3-9H,10-11H2,1-2H3/p+1. The van der Waals surface area contributed by atoms with Crippen molar-refractivity contribution >= 4 is 17.5 Å². The van der Waals surface area contributed by atoms with Gasteiger partial charge in [0, 0.05) is 17.7 Å². The van der Waals surface area contributed by atoms with Gasteiger partial charge in [0.15, 0.2) is 6.67 Å². The van der Waals surface area contributed by atoms with Gasteiger partial charge in [0.1, 0.15) is 6.54 Å². The first-order valence-corrected chi connectivity index (χ1v) is 7.89. The number of nitrogens with zero attached hydrogens (tertiary/aromatic N) is 2. The first kappa shape index (κ1) is 16.8. The molecule has 0 spiro atoms. The monoisotopic (exact) mass is 340 g/mol. The van der Waals surface area contributed by atoms with E-state index in [9.17, 15) is 19.7 Å². The number of non-ortho nitro benzene ring substituents is 1. The normalized spacial score (nSPS) is 14.6. The molecule has 0 saturated carbocycles. The van der Waals surface area contributed by atoms with Crippen LogP contribution in [0.25, 0.3) is 0 Å². The number of hydrogen-bond acceptors (Lipinski definition) is 4. The van der Waals surface area contributed by atoms with E-state index in [1.54, 1.807) is 0 Å². The second-order valence-corrected chi connectivity index (χ2v) is 6.24. The van der Waals surface area contributed by atoms with Crippen LogP contribution < -0.4 is 4.90 Å². The average Bonchev–Trinajstić information content (AvgIpc) is 2.81. The summed E-state index contributed by atoms with van der Waals surface area (Å²) in [5, 5.41) is 10.9. The van der Waals surface area contributed by atoms with Crippen LogP contribution >= 0.6 is 0 Å². The summed E-state index contributed by atoms with van der Waals surface area (Å²) in [5.41, 5.74) is 2.43. The van der Waals surface area contributed by atoms with Crippen LogP contribution in [0.1, 0.15) is 31.8 Å². The second kappa shape index (κ2) is 6.45. The molecule has 1 aliphatic heterocycles. The number of benzene rings is 2. The van der Waals surface area contributed by atoms with E-state index in [1.807, 2.05) is 38.2 Å². The highest BCUT2D eigenvalue weighted by molar-refractivity contribution is 6.21.